The van der Waals surface area contributed by atoms with Crippen LogP contribution >= 0.6 is 0 Å². The van der Waals surface area contributed by atoms with E-state index in [1.807, 2.05) is 0 Å². The molecule has 3 aliphatic rings. The summed E-state index contributed by atoms with van der Waals surface area (Å²) >= 11 is 0. The van der Waals surface area contributed by atoms with Crippen molar-refractivity contribution in [1.29, 1.82) is 0 Å². The molecule has 124 valence electrons. The molecular formula is C16H24O6. The van der Waals surface area contributed by atoms with Gasteiger partial charge in [0.2, 0.25) is 0 Å². The van der Waals surface area contributed by atoms with Crippen LogP contribution < -0.4 is 0 Å². The molecule has 6 heteroatoms. The highest BCUT2D eigenvalue weighted by Crippen LogP contribution is 2.57. The van der Waals surface area contributed by atoms with Gasteiger partial charge < -0.3 is 19.3 Å². The minimum Gasteiger partial charge on any atom is -0.465 e. The fourth-order valence-corrected chi connectivity index (χ4v) is 4.19. The predicted octanol–water partition coefficient (Wildman–Crippen LogP) is 1.34. The van der Waals surface area contributed by atoms with Crippen LogP contribution in [-0.4, -0.2) is 48.1 Å². The molecule has 3 fully saturated rings. The lowest BCUT2D eigenvalue weighted by atomic mass is 9.54. The van der Waals surface area contributed by atoms with Crippen LogP contribution in [0, 0.1) is 5.41 Å². The maximum atomic E-state index is 12.7. The number of carbonyl (C=O) groups excluding carboxylic acids is 2. The Morgan fingerprint density at radius 3 is 2.68 bits per heavy atom. The SMILES string of the molecule is CCOC(=O)[C@]12CCC(=O)C[C@]1(O)CCC1(C2)OCCCO1. The third-order valence-electron chi connectivity index (χ3n) is 5.39. The van der Waals surface area contributed by atoms with Gasteiger partial charge in [-0.15, -0.1) is 0 Å². The van der Waals surface area contributed by atoms with Gasteiger partial charge in [-0.3, -0.25) is 9.59 Å². The summed E-state index contributed by atoms with van der Waals surface area (Å²) in [6.07, 6.45) is 2.52. The van der Waals surface area contributed by atoms with E-state index in [1.165, 1.54) is 0 Å². The van der Waals surface area contributed by atoms with Crippen molar-refractivity contribution in [2.24, 2.45) is 5.41 Å². The first-order valence-electron chi connectivity index (χ1n) is 8.15. The number of rotatable bonds is 2. The molecule has 2 atom stereocenters. The summed E-state index contributed by atoms with van der Waals surface area (Å²) < 4.78 is 17.0. The molecule has 1 aliphatic heterocycles. The highest BCUT2D eigenvalue weighted by molar-refractivity contribution is 5.87. The van der Waals surface area contributed by atoms with Gasteiger partial charge in [0, 0.05) is 25.7 Å². The van der Waals surface area contributed by atoms with Crippen molar-refractivity contribution in [3.63, 3.8) is 0 Å². The van der Waals surface area contributed by atoms with Crippen LogP contribution in [0.15, 0.2) is 0 Å². The van der Waals surface area contributed by atoms with Crippen molar-refractivity contribution in [2.75, 3.05) is 19.8 Å². The fourth-order valence-electron chi connectivity index (χ4n) is 4.19. The van der Waals surface area contributed by atoms with Crippen molar-refractivity contribution in [3.8, 4) is 0 Å². The number of carbonyl (C=O) groups is 2. The molecule has 3 rings (SSSR count). The van der Waals surface area contributed by atoms with Gasteiger partial charge in [0.15, 0.2) is 5.79 Å². The van der Waals surface area contributed by atoms with Crippen LogP contribution in [0.5, 0.6) is 0 Å². The Morgan fingerprint density at radius 1 is 1.27 bits per heavy atom. The number of ether oxygens (including phenoxy) is 3. The number of hydrogen-bond acceptors (Lipinski definition) is 6. The molecule has 0 bridgehead atoms. The van der Waals surface area contributed by atoms with Crippen molar-refractivity contribution >= 4 is 11.8 Å². The number of ketones is 1. The Balaban J connectivity index is 1.95. The lowest BCUT2D eigenvalue weighted by Gasteiger charge is -2.56. The lowest BCUT2D eigenvalue weighted by Crippen LogP contribution is -2.65. The van der Waals surface area contributed by atoms with Gasteiger partial charge in [0.25, 0.3) is 0 Å². The second kappa shape index (κ2) is 5.58. The Morgan fingerprint density at radius 2 is 2.00 bits per heavy atom. The van der Waals surface area contributed by atoms with E-state index in [-0.39, 0.29) is 31.7 Å². The molecule has 2 aliphatic carbocycles. The number of hydrogen-bond donors (Lipinski definition) is 1. The third kappa shape index (κ3) is 2.37. The lowest BCUT2D eigenvalue weighted by molar-refractivity contribution is -0.319. The topological polar surface area (TPSA) is 82.1 Å². The summed E-state index contributed by atoms with van der Waals surface area (Å²) in [5.41, 5.74) is -2.45. The molecule has 0 aromatic rings. The van der Waals surface area contributed by atoms with Gasteiger partial charge >= 0.3 is 5.97 Å². The maximum Gasteiger partial charge on any atom is 0.315 e. The van der Waals surface area contributed by atoms with Crippen LogP contribution in [-0.2, 0) is 23.8 Å². The molecule has 1 N–H and O–H groups in total. The van der Waals surface area contributed by atoms with E-state index >= 15 is 0 Å². The molecular weight excluding hydrogens is 288 g/mol. The third-order valence-corrected chi connectivity index (χ3v) is 5.39. The zero-order valence-corrected chi connectivity index (χ0v) is 13.1. The zero-order chi connectivity index (χ0) is 15.8. The second-order valence-corrected chi connectivity index (χ2v) is 6.69. The van der Waals surface area contributed by atoms with Crippen molar-refractivity contribution in [2.45, 2.75) is 63.3 Å². The van der Waals surface area contributed by atoms with E-state index in [2.05, 4.69) is 0 Å². The van der Waals surface area contributed by atoms with Crippen LogP contribution in [0.4, 0.5) is 0 Å². The monoisotopic (exact) mass is 312 g/mol. The molecule has 22 heavy (non-hydrogen) atoms. The van der Waals surface area contributed by atoms with Crippen LogP contribution in [0.3, 0.4) is 0 Å². The van der Waals surface area contributed by atoms with E-state index in [1.54, 1.807) is 6.92 Å². The van der Waals surface area contributed by atoms with Gasteiger partial charge in [-0.25, -0.2) is 0 Å². The minimum atomic E-state index is -1.34. The molecule has 2 saturated carbocycles. The van der Waals surface area contributed by atoms with Gasteiger partial charge in [-0.05, 0) is 26.2 Å². The molecule has 1 heterocycles. The first kappa shape index (κ1) is 15.9. The first-order valence-corrected chi connectivity index (χ1v) is 8.15. The van der Waals surface area contributed by atoms with Crippen molar-refractivity contribution < 1.29 is 28.9 Å². The highest BCUT2D eigenvalue weighted by Gasteiger charge is 2.66. The van der Waals surface area contributed by atoms with Crippen LogP contribution in [0.25, 0.3) is 0 Å². The molecule has 1 spiro atoms. The van der Waals surface area contributed by atoms with Gasteiger partial charge in [-0.1, -0.05) is 0 Å². The fraction of sp³-hybridized carbons (Fsp3) is 0.875. The van der Waals surface area contributed by atoms with E-state index in [9.17, 15) is 14.7 Å². The molecule has 1 saturated heterocycles. The maximum absolute atomic E-state index is 12.7. The van der Waals surface area contributed by atoms with E-state index in [4.69, 9.17) is 14.2 Å². The van der Waals surface area contributed by atoms with E-state index < -0.39 is 22.8 Å². The standard InChI is InChI=1S/C16H24O6/c1-2-20-13(18)14-5-4-12(17)10-15(14,19)6-7-16(11-14)21-8-3-9-22-16/h19H,2-11H2,1H3/t14-,15-/m1/s1. The Labute approximate surface area is 130 Å². The average Bonchev–Trinajstić information content (AvgIpc) is 2.49. The number of Topliss-reactive ketones (excluding diaryl/α,β-unsaturated/α-hetero) is 1. The smallest absolute Gasteiger partial charge is 0.315 e. The van der Waals surface area contributed by atoms with Gasteiger partial charge in [0.05, 0.1) is 25.4 Å². The van der Waals surface area contributed by atoms with E-state index in [0.717, 1.165) is 6.42 Å². The minimum absolute atomic E-state index is 0.00357. The summed E-state index contributed by atoms with van der Waals surface area (Å²) in [6.45, 7) is 3.18. The van der Waals surface area contributed by atoms with Gasteiger partial charge in [0.1, 0.15) is 11.2 Å². The molecule has 0 unspecified atom stereocenters. The molecule has 6 nitrogen and oxygen atoms in total. The van der Waals surface area contributed by atoms with Crippen molar-refractivity contribution in [1.82, 2.24) is 0 Å². The second-order valence-electron chi connectivity index (χ2n) is 6.69. The molecule has 0 amide bonds. The average molecular weight is 312 g/mol. The first-order chi connectivity index (χ1) is 10.5. The van der Waals surface area contributed by atoms with E-state index in [0.29, 0.717) is 32.5 Å². The molecule has 0 aromatic carbocycles. The quantitative estimate of drug-likeness (QED) is 0.775. The summed E-state index contributed by atoms with van der Waals surface area (Å²) in [5, 5.41) is 11.1. The summed E-state index contributed by atoms with van der Waals surface area (Å²) in [5.74, 6) is -1.25. The number of fused-ring (bicyclic) bond motifs is 1. The zero-order valence-electron chi connectivity index (χ0n) is 13.1. The Kier molecular flexibility index (Phi) is 4.03. The molecule has 0 radical (unpaired) electrons. The largest absolute Gasteiger partial charge is 0.465 e. The van der Waals surface area contributed by atoms with Crippen LogP contribution in [0.2, 0.25) is 0 Å². The number of aliphatic hydroxyl groups is 1. The summed E-state index contributed by atoms with van der Waals surface area (Å²) in [6, 6.07) is 0. The highest BCUT2D eigenvalue weighted by atomic mass is 16.7. The van der Waals surface area contributed by atoms with Gasteiger partial charge in [-0.2, -0.15) is 0 Å². The number of esters is 1. The summed E-state index contributed by atoms with van der Waals surface area (Å²) in [4.78, 5) is 24.5. The van der Waals surface area contributed by atoms with Crippen LogP contribution in [0.1, 0.15) is 51.9 Å². The molecule has 0 aromatic heterocycles. The summed E-state index contributed by atoms with van der Waals surface area (Å²) in [7, 11) is 0. The van der Waals surface area contributed by atoms with Crippen molar-refractivity contribution in [3.05, 3.63) is 0 Å². The Hall–Kier alpha value is -0.980. The predicted molar refractivity (Wildman–Crippen MR) is 76.0 cm³/mol. The Bertz CT molecular complexity index is 469. The normalized spacial score (nSPS) is 37.6.